The van der Waals surface area contributed by atoms with Crippen molar-refractivity contribution in [3.05, 3.63) is 71.3 Å². The van der Waals surface area contributed by atoms with Gasteiger partial charge in [0.2, 0.25) is 5.91 Å². The Labute approximate surface area is 164 Å². The summed E-state index contributed by atoms with van der Waals surface area (Å²) in [4.78, 5) is 15.1. The molecular weight excluding hydrogens is 362 g/mol. The Balaban J connectivity index is 1.75. The van der Waals surface area contributed by atoms with E-state index in [1.54, 1.807) is 18.2 Å². The molecule has 1 atom stereocenters. The van der Waals surface area contributed by atoms with Crippen LogP contribution in [-0.4, -0.2) is 43.7 Å². The number of carbonyl (C=O) groups excluding carboxylic acids is 1. The average molecular weight is 388 g/mol. The molecule has 28 heavy (non-hydrogen) atoms. The predicted molar refractivity (Wildman–Crippen MR) is 104 cm³/mol. The number of halogens is 2. The van der Waals surface area contributed by atoms with Crippen molar-refractivity contribution in [1.82, 2.24) is 10.2 Å². The Morgan fingerprint density at radius 1 is 1.11 bits per heavy atom. The van der Waals surface area contributed by atoms with Crippen molar-refractivity contribution in [2.75, 3.05) is 32.8 Å². The van der Waals surface area contributed by atoms with Gasteiger partial charge in [0.05, 0.1) is 24.7 Å². The number of hydrogen-bond acceptors (Lipinski definition) is 3. The van der Waals surface area contributed by atoms with Gasteiger partial charge in [0, 0.05) is 19.6 Å². The Hall–Kier alpha value is -2.31. The summed E-state index contributed by atoms with van der Waals surface area (Å²) in [5, 5.41) is 3.01. The van der Waals surface area contributed by atoms with Gasteiger partial charge in [0.15, 0.2) is 0 Å². The predicted octanol–water partition coefficient (Wildman–Crippen LogP) is 3.43. The standard InChI is InChI=1S/C22H26F2N2O2/c1-22(2,17-6-8-18(23)9-7-17)21(27)25-15-20(26-10-12-28-13-11-26)16-4-3-5-19(24)14-16/h3-9,14,20H,10-13,15H2,1-2H3,(H,25,27). The molecule has 1 aliphatic heterocycles. The molecular formula is C22H26F2N2O2. The molecule has 1 saturated heterocycles. The van der Waals surface area contributed by atoms with E-state index in [1.165, 1.54) is 24.3 Å². The van der Waals surface area contributed by atoms with Gasteiger partial charge in [-0.2, -0.15) is 0 Å². The van der Waals surface area contributed by atoms with Gasteiger partial charge in [-0.1, -0.05) is 24.3 Å². The van der Waals surface area contributed by atoms with Crippen LogP contribution in [0.2, 0.25) is 0 Å². The van der Waals surface area contributed by atoms with Crippen LogP contribution in [0.5, 0.6) is 0 Å². The van der Waals surface area contributed by atoms with Crippen LogP contribution in [0.1, 0.15) is 31.0 Å². The molecule has 1 unspecified atom stereocenters. The first kappa shape index (κ1) is 20.4. The zero-order valence-electron chi connectivity index (χ0n) is 16.3. The first-order valence-electron chi connectivity index (χ1n) is 9.49. The second kappa shape index (κ2) is 8.80. The number of benzene rings is 2. The van der Waals surface area contributed by atoms with Crippen molar-refractivity contribution in [2.45, 2.75) is 25.3 Å². The fourth-order valence-corrected chi connectivity index (χ4v) is 3.47. The highest BCUT2D eigenvalue weighted by Gasteiger charge is 2.31. The van der Waals surface area contributed by atoms with E-state index in [-0.39, 0.29) is 23.6 Å². The minimum absolute atomic E-state index is 0.146. The lowest BCUT2D eigenvalue weighted by molar-refractivity contribution is -0.126. The zero-order chi connectivity index (χ0) is 20.1. The summed E-state index contributed by atoms with van der Waals surface area (Å²) in [5.41, 5.74) is 0.743. The van der Waals surface area contributed by atoms with Gasteiger partial charge in [0.1, 0.15) is 11.6 Å². The highest BCUT2D eigenvalue weighted by atomic mass is 19.1. The smallest absolute Gasteiger partial charge is 0.230 e. The largest absolute Gasteiger partial charge is 0.379 e. The van der Waals surface area contributed by atoms with E-state index < -0.39 is 5.41 Å². The molecule has 1 heterocycles. The van der Waals surface area contributed by atoms with E-state index in [4.69, 9.17) is 4.74 Å². The van der Waals surface area contributed by atoms with Gasteiger partial charge >= 0.3 is 0 Å². The van der Waals surface area contributed by atoms with Crippen molar-refractivity contribution in [3.63, 3.8) is 0 Å². The Morgan fingerprint density at radius 2 is 1.79 bits per heavy atom. The van der Waals surface area contributed by atoms with Crippen LogP contribution in [-0.2, 0) is 14.9 Å². The molecule has 6 heteroatoms. The molecule has 2 aromatic carbocycles. The number of hydrogen-bond donors (Lipinski definition) is 1. The molecule has 1 N–H and O–H groups in total. The first-order valence-corrected chi connectivity index (χ1v) is 9.49. The Morgan fingerprint density at radius 3 is 2.43 bits per heavy atom. The van der Waals surface area contributed by atoms with Gasteiger partial charge < -0.3 is 10.1 Å². The van der Waals surface area contributed by atoms with Crippen LogP contribution in [0, 0.1) is 11.6 Å². The number of rotatable bonds is 6. The summed E-state index contributed by atoms with van der Waals surface area (Å²) in [7, 11) is 0. The highest BCUT2D eigenvalue weighted by molar-refractivity contribution is 5.87. The Kier molecular flexibility index (Phi) is 6.42. The van der Waals surface area contributed by atoms with Crippen LogP contribution in [0.4, 0.5) is 8.78 Å². The van der Waals surface area contributed by atoms with E-state index in [1.807, 2.05) is 19.9 Å². The monoisotopic (exact) mass is 388 g/mol. The number of amides is 1. The zero-order valence-corrected chi connectivity index (χ0v) is 16.3. The minimum Gasteiger partial charge on any atom is -0.379 e. The summed E-state index contributed by atoms with van der Waals surface area (Å²) in [6, 6.07) is 12.3. The quantitative estimate of drug-likeness (QED) is 0.824. The van der Waals surface area contributed by atoms with Gasteiger partial charge in [0.25, 0.3) is 0 Å². The molecule has 1 fully saturated rings. The van der Waals surface area contributed by atoms with Gasteiger partial charge in [-0.3, -0.25) is 9.69 Å². The summed E-state index contributed by atoms with van der Waals surface area (Å²) >= 11 is 0. The van der Waals surface area contributed by atoms with E-state index in [0.717, 1.165) is 24.2 Å². The molecule has 0 radical (unpaired) electrons. The molecule has 4 nitrogen and oxygen atoms in total. The molecule has 2 aromatic rings. The van der Waals surface area contributed by atoms with E-state index in [0.29, 0.717) is 19.8 Å². The van der Waals surface area contributed by atoms with Gasteiger partial charge in [-0.25, -0.2) is 8.78 Å². The summed E-state index contributed by atoms with van der Waals surface area (Å²) in [6.45, 7) is 6.63. The van der Waals surface area contributed by atoms with Crippen molar-refractivity contribution in [3.8, 4) is 0 Å². The second-order valence-corrected chi connectivity index (χ2v) is 7.56. The molecule has 1 aliphatic rings. The van der Waals surface area contributed by atoms with Crippen LogP contribution >= 0.6 is 0 Å². The summed E-state index contributed by atoms with van der Waals surface area (Å²) in [6.07, 6.45) is 0. The maximum atomic E-state index is 13.8. The van der Waals surface area contributed by atoms with Crippen LogP contribution < -0.4 is 5.32 Å². The number of morpholine rings is 1. The van der Waals surface area contributed by atoms with Crippen molar-refractivity contribution >= 4 is 5.91 Å². The lowest BCUT2D eigenvalue weighted by atomic mass is 9.83. The molecule has 0 aromatic heterocycles. The number of carbonyl (C=O) groups is 1. The summed E-state index contributed by atoms with van der Waals surface area (Å²) in [5.74, 6) is -0.791. The summed E-state index contributed by atoms with van der Waals surface area (Å²) < 4.78 is 32.4. The van der Waals surface area contributed by atoms with Crippen molar-refractivity contribution < 1.29 is 18.3 Å². The Bertz CT molecular complexity index is 802. The van der Waals surface area contributed by atoms with Gasteiger partial charge in [-0.15, -0.1) is 0 Å². The van der Waals surface area contributed by atoms with Gasteiger partial charge in [-0.05, 0) is 49.2 Å². The van der Waals surface area contributed by atoms with Crippen molar-refractivity contribution in [1.29, 1.82) is 0 Å². The normalized spacial score (nSPS) is 16.6. The second-order valence-electron chi connectivity index (χ2n) is 7.56. The van der Waals surface area contributed by atoms with E-state index in [2.05, 4.69) is 10.2 Å². The molecule has 0 spiro atoms. The van der Waals surface area contributed by atoms with E-state index in [9.17, 15) is 13.6 Å². The number of nitrogens with zero attached hydrogens (tertiary/aromatic N) is 1. The molecule has 3 rings (SSSR count). The lowest BCUT2D eigenvalue weighted by Crippen LogP contribution is -2.47. The molecule has 0 bridgehead atoms. The van der Waals surface area contributed by atoms with Crippen molar-refractivity contribution in [2.24, 2.45) is 0 Å². The third-order valence-corrected chi connectivity index (χ3v) is 5.31. The number of nitrogens with one attached hydrogen (secondary N) is 1. The average Bonchev–Trinajstić information content (AvgIpc) is 2.69. The topological polar surface area (TPSA) is 41.6 Å². The van der Waals surface area contributed by atoms with Crippen LogP contribution in [0.15, 0.2) is 48.5 Å². The molecule has 0 saturated carbocycles. The third-order valence-electron chi connectivity index (χ3n) is 5.31. The maximum Gasteiger partial charge on any atom is 0.230 e. The minimum atomic E-state index is -0.814. The first-order chi connectivity index (χ1) is 13.4. The third kappa shape index (κ3) is 4.75. The highest BCUT2D eigenvalue weighted by Crippen LogP contribution is 2.26. The van der Waals surface area contributed by atoms with E-state index >= 15 is 0 Å². The SMILES string of the molecule is CC(C)(C(=O)NCC(c1cccc(F)c1)N1CCOCC1)c1ccc(F)cc1. The van der Waals surface area contributed by atoms with Crippen LogP contribution in [0.25, 0.3) is 0 Å². The number of ether oxygens (including phenoxy) is 1. The molecule has 150 valence electrons. The van der Waals surface area contributed by atoms with Crippen LogP contribution in [0.3, 0.4) is 0 Å². The maximum absolute atomic E-state index is 13.8. The fraction of sp³-hybridized carbons (Fsp3) is 0.409. The molecule has 1 amide bonds. The molecule has 0 aliphatic carbocycles. The lowest BCUT2D eigenvalue weighted by Gasteiger charge is -2.35. The fourth-order valence-electron chi connectivity index (χ4n) is 3.47.